The monoisotopic (exact) mass is 323 g/mol. The Balaban J connectivity index is 1.55. The minimum absolute atomic E-state index is 0.105. The van der Waals surface area contributed by atoms with Crippen LogP contribution in [0.15, 0.2) is 4.42 Å². The summed E-state index contributed by atoms with van der Waals surface area (Å²) >= 11 is 0. The van der Waals surface area contributed by atoms with Gasteiger partial charge in [-0.25, -0.2) is 4.79 Å². The summed E-state index contributed by atoms with van der Waals surface area (Å²) in [6.45, 7) is 6.91. The summed E-state index contributed by atoms with van der Waals surface area (Å²) in [6, 6.07) is 0.330. The van der Waals surface area contributed by atoms with E-state index in [0.717, 1.165) is 25.9 Å². The molecule has 0 radical (unpaired) electrons. The molecule has 0 saturated carbocycles. The number of hydrogen-bond donors (Lipinski definition) is 0. The van der Waals surface area contributed by atoms with Crippen molar-refractivity contribution in [3.63, 3.8) is 0 Å². The first-order valence-corrected chi connectivity index (χ1v) is 8.24. The van der Waals surface area contributed by atoms with Crippen molar-refractivity contribution in [3.05, 3.63) is 11.8 Å². The fourth-order valence-electron chi connectivity index (χ4n) is 3.22. The molecule has 3 rings (SSSR count). The second-order valence-electron chi connectivity index (χ2n) is 6.24. The molecule has 2 saturated heterocycles. The number of likely N-dealkylation sites (tertiary alicyclic amines) is 1. The summed E-state index contributed by atoms with van der Waals surface area (Å²) in [4.78, 5) is 18.6. The molecule has 3 heterocycles. The van der Waals surface area contributed by atoms with E-state index in [4.69, 9.17) is 9.15 Å². The van der Waals surface area contributed by atoms with Crippen molar-refractivity contribution in [1.29, 1.82) is 0 Å². The van der Waals surface area contributed by atoms with E-state index >= 15 is 0 Å². The van der Waals surface area contributed by atoms with E-state index in [9.17, 15) is 4.79 Å². The number of hydrogen-bond acceptors (Lipinski definition) is 6. The fraction of sp³-hybridized carbons (Fsp3) is 0.800. The second kappa shape index (κ2) is 7.27. The lowest BCUT2D eigenvalue weighted by molar-refractivity contribution is 0.0361. The predicted molar refractivity (Wildman–Crippen MR) is 82.9 cm³/mol. The van der Waals surface area contributed by atoms with E-state index in [1.54, 1.807) is 6.92 Å². The van der Waals surface area contributed by atoms with Gasteiger partial charge in [-0.3, -0.25) is 4.90 Å². The van der Waals surface area contributed by atoms with Crippen LogP contribution in [0.2, 0.25) is 0 Å². The Morgan fingerprint density at radius 1 is 1.30 bits per heavy atom. The topological polar surface area (TPSA) is 74.9 Å². The summed E-state index contributed by atoms with van der Waals surface area (Å²) < 4.78 is 10.8. The van der Waals surface area contributed by atoms with Gasteiger partial charge < -0.3 is 19.0 Å². The van der Waals surface area contributed by atoms with Crippen molar-refractivity contribution < 1.29 is 13.9 Å². The molecule has 8 nitrogen and oxygen atoms in total. The molecule has 0 aromatic carbocycles. The molecule has 0 spiro atoms. The summed E-state index contributed by atoms with van der Waals surface area (Å²) in [6.07, 6.45) is 2.10. The van der Waals surface area contributed by atoms with Crippen LogP contribution in [0.5, 0.6) is 0 Å². The summed E-state index contributed by atoms with van der Waals surface area (Å²) in [5.41, 5.74) is 0. The third-order valence-electron chi connectivity index (χ3n) is 4.54. The van der Waals surface area contributed by atoms with Gasteiger partial charge in [-0.2, -0.15) is 0 Å². The van der Waals surface area contributed by atoms with Crippen LogP contribution in [0, 0.1) is 6.92 Å². The van der Waals surface area contributed by atoms with E-state index in [2.05, 4.69) is 15.1 Å². The first-order chi connectivity index (χ1) is 11.1. The number of piperidine rings is 1. The number of rotatable bonds is 3. The maximum atomic E-state index is 12.6. The van der Waals surface area contributed by atoms with Crippen molar-refractivity contribution in [2.75, 3.05) is 46.4 Å². The van der Waals surface area contributed by atoms with E-state index in [-0.39, 0.29) is 12.1 Å². The molecule has 0 bridgehead atoms. The average molecular weight is 323 g/mol. The quantitative estimate of drug-likeness (QED) is 0.816. The number of amides is 2. The molecule has 8 heteroatoms. The predicted octanol–water partition coefficient (Wildman–Crippen LogP) is 0.726. The molecule has 2 aliphatic rings. The zero-order chi connectivity index (χ0) is 16.2. The van der Waals surface area contributed by atoms with Crippen molar-refractivity contribution in [3.8, 4) is 0 Å². The average Bonchev–Trinajstić information content (AvgIpc) is 2.99. The minimum atomic E-state index is 0.105. The largest absolute Gasteiger partial charge is 0.424 e. The van der Waals surface area contributed by atoms with Crippen LogP contribution in [0.3, 0.4) is 0 Å². The zero-order valence-corrected chi connectivity index (χ0v) is 13.9. The Labute approximate surface area is 136 Å². The van der Waals surface area contributed by atoms with Gasteiger partial charge in [0.1, 0.15) is 0 Å². The normalized spacial score (nSPS) is 23.0. The van der Waals surface area contributed by atoms with Crippen LogP contribution >= 0.6 is 0 Å². The molecule has 2 amide bonds. The third kappa shape index (κ3) is 4.00. The van der Waals surface area contributed by atoms with Crippen LogP contribution in [-0.2, 0) is 11.3 Å². The first kappa shape index (κ1) is 16.2. The van der Waals surface area contributed by atoms with Gasteiger partial charge in [0.05, 0.1) is 19.8 Å². The van der Waals surface area contributed by atoms with Crippen molar-refractivity contribution >= 4 is 6.03 Å². The number of nitrogens with zero attached hydrogens (tertiary/aromatic N) is 5. The van der Waals surface area contributed by atoms with Crippen LogP contribution in [0.25, 0.3) is 0 Å². The van der Waals surface area contributed by atoms with Crippen molar-refractivity contribution in [2.45, 2.75) is 32.4 Å². The Hall–Kier alpha value is -1.67. The number of likely N-dealkylation sites (N-methyl/N-ethyl adjacent to an activating group) is 1. The highest BCUT2D eigenvalue weighted by Crippen LogP contribution is 2.18. The van der Waals surface area contributed by atoms with Crippen LogP contribution in [0.1, 0.15) is 24.6 Å². The standard InChI is InChI=1S/C15H25N5O3/c1-12-16-17-14(23-12)11-19-5-3-4-13(10-19)18(2)15(21)20-6-8-22-9-7-20/h13H,3-11H2,1-2H3. The molecule has 1 aromatic heterocycles. The minimum Gasteiger partial charge on any atom is -0.424 e. The number of aromatic nitrogens is 2. The lowest BCUT2D eigenvalue weighted by atomic mass is 10.0. The molecule has 0 aliphatic carbocycles. The Kier molecular flexibility index (Phi) is 5.12. The molecule has 128 valence electrons. The maximum Gasteiger partial charge on any atom is 0.320 e. The molecule has 1 atom stereocenters. The second-order valence-corrected chi connectivity index (χ2v) is 6.24. The van der Waals surface area contributed by atoms with Gasteiger partial charge in [-0.15, -0.1) is 10.2 Å². The van der Waals surface area contributed by atoms with Crippen LogP contribution < -0.4 is 0 Å². The van der Waals surface area contributed by atoms with E-state index < -0.39 is 0 Å². The first-order valence-electron chi connectivity index (χ1n) is 8.24. The Morgan fingerprint density at radius 2 is 2.09 bits per heavy atom. The molecule has 1 unspecified atom stereocenters. The fourth-order valence-corrected chi connectivity index (χ4v) is 3.22. The smallest absolute Gasteiger partial charge is 0.320 e. The molecule has 0 N–H and O–H groups in total. The number of urea groups is 1. The zero-order valence-electron chi connectivity index (χ0n) is 13.9. The van der Waals surface area contributed by atoms with Gasteiger partial charge in [-0.05, 0) is 19.4 Å². The van der Waals surface area contributed by atoms with Gasteiger partial charge >= 0.3 is 6.03 Å². The Bertz CT molecular complexity index is 529. The highest BCUT2D eigenvalue weighted by molar-refractivity contribution is 5.74. The number of ether oxygens (including phenoxy) is 1. The maximum absolute atomic E-state index is 12.6. The molecule has 2 fully saturated rings. The van der Waals surface area contributed by atoms with Gasteiger partial charge in [0.2, 0.25) is 11.8 Å². The molecular weight excluding hydrogens is 298 g/mol. The highest BCUT2D eigenvalue weighted by atomic mass is 16.5. The van der Waals surface area contributed by atoms with Crippen molar-refractivity contribution in [2.24, 2.45) is 0 Å². The van der Waals surface area contributed by atoms with Gasteiger partial charge in [-0.1, -0.05) is 0 Å². The number of carbonyl (C=O) groups is 1. The summed E-state index contributed by atoms with van der Waals surface area (Å²) in [5.74, 6) is 1.23. The SMILES string of the molecule is Cc1nnc(CN2CCCC(N(C)C(=O)N3CCOCC3)C2)o1. The third-order valence-corrected chi connectivity index (χ3v) is 4.54. The van der Waals surface area contributed by atoms with Gasteiger partial charge in [0.15, 0.2) is 0 Å². The molecular formula is C15H25N5O3. The number of carbonyl (C=O) groups excluding carboxylic acids is 1. The molecule has 2 aliphatic heterocycles. The molecule has 1 aromatic rings. The molecule has 23 heavy (non-hydrogen) atoms. The van der Waals surface area contributed by atoms with Crippen LogP contribution in [-0.4, -0.2) is 83.4 Å². The van der Waals surface area contributed by atoms with E-state index in [0.29, 0.717) is 44.6 Å². The van der Waals surface area contributed by atoms with E-state index in [1.165, 1.54) is 0 Å². The van der Waals surface area contributed by atoms with E-state index in [1.807, 2.05) is 16.8 Å². The number of morpholine rings is 1. The van der Waals surface area contributed by atoms with Crippen molar-refractivity contribution in [1.82, 2.24) is 24.9 Å². The highest BCUT2D eigenvalue weighted by Gasteiger charge is 2.29. The van der Waals surface area contributed by atoms with Gasteiger partial charge in [0, 0.05) is 39.6 Å². The Morgan fingerprint density at radius 3 is 2.78 bits per heavy atom. The lowest BCUT2D eigenvalue weighted by Gasteiger charge is -2.39. The lowest BCUT2D eigenvalue weighted by Crippen LogP contribution is -2.54. The summed E-state index contributed by atoms with van der Waals surface area (Å²) in [7, 11) is 1.91. The van der Waals surface area contributed by atoms with Crippen LogP contribution in [0.4, 0.5) is 4.79 Å². The number of aryl methyl sites for hydroxylation is 1. The summed E-state index contributed by atoms with van der Waals surface area (Å²) in [5, 5.41) is 7.93. The van der Waals surface area contributed by atoms with Gasteiger partial charge in [0.25, 0.3) is 0 Å².